The summed E-state index contributed by atoms with van der Waals surface area (Å²) in [5, 5.41) is 0. The number of carbonyl (C=O) groups excluding carboxylic acids is 1. The highest BCUT2D eigenvalue weighted by atomic mass is 16.5. The smallest absolute Gasteiger partial charge is 0.331 e. The highest BCUT2D eigenvalue weighted by Gasteiger charge is 2.08. The fraction of sp³-hybridized carbons (Fsp3) is 0.300. The second-order valence-corrected chi connectivity index (χ2v) is 2.93. The number of cyclic esters (lactones) is 1. The average molecular weight is 164 g/mol. The molecule has 1 rings (SSSR count). The average Bonchev–Trinajstić information content (AvgIpc) is 2.35. The summed E-state index contributed by atoms with van der Waals surface area (Å²) in [6, 6.07) is 0. The summed E-state index contributed by atoms with van der Waals surface area (Å²) in [7, 11) is 0. The number of hydrogen-bond donors (Lipinski definition) is 0. The molecule has 0 aliphatic carbocycles. The van der Waals surface area contributed by atoms with Crippen LogP contribution in [0, 0.1) is 0 Å². The fourth-order valence-electron chi connectivity index (χ4n) is 0.850. The standard InChI is InChI=1S/C10H12O2/c1-8(2)4-3-5-9-6-10(11)12-7-9/h3-6H,7H2,1-2H3/b5-3+. The maximum absolute atomic E-state index is 10.6. The van der Waals surface area contributed by atoms with Crippen molar-refractivity contribution in [3.8, 4) is 0 Å². The van der Waals surface area contributed by atoms with Gasteiger partial charge in [-0.2, -0.15) is 0 Å². The van der Waals surface area contributed by atoms with Gasteiger partial charge in [-0.25, -0.2) is 4.79 Å². The Hall–Kier alpha value is -1.31. The minimum absolute atomic E-state index is 0.244. The molecule has 64 valence electrons. The predicted molar refractivity (Wildman–Crippen MR) is 47.6 cm³/mol. The van der Waals surface area contributed by atoms with Crippen molar-refractivity contribution in [2.75, 3.05) is 6.61 Å². The van der Waals surface area contributed by atoms with Crippen molar-refractivity contribution in [2.45, 2.75) is 13.8 Å². The largest absolute Gasteiger partial charge is 0.458 e. The van der Waals surface area contributed by atoms with Gasteiger partial charge < -0.3 is 4.74 Å². The molecule has 2 heteroatoms. The number of allylic oxidation sites excluding steroid dienone is 3. The van der Waals surface area contributed by atoms with Crippen LogP contribution < -0.4 is 0 Å². The Kier molecular flexibility index (Phi) is 2.86. The molecule has 12 heavy (non-hydrogen) atoms. The molecule has 0 aromatic rings. The van der Waals surface area contributed by atoms with Crippen molar-refractivity contribution in [2.24, 2.45) is 0 Å². The Labute approximate surface area is 72.2 Å². The molecule has 1 aliphatic heterocycles. The fourth-order valence-corrected chi connectivity index (χ4v) is 0.850. The van der Waals surface area contributed by atoms with Crippen molar-refractivity contribution < 1.29 is 9.53 Å². The molecular weight excluding hydrogens is 152 g/mol. The van der Waals surface area contributed by atoms with Gasteiger partial charge in [0.25, 0.3) is 0 Å². The van der Waals surface area contributed by atoms with Crippen LogP contribution in [0.2, 0.25) is 0 Å². The number of ether oxygens (including phenoxy) is 1. The van der Waals surface area contributed by atoms with E-state index in [0.717, 1.165) is 5.57 Å². The Morgan fingerprint density at radius 1 is 1.58 bits per heavy atom. The molecule has 0 atom stereocenters. The molecule has 1 aliphatic rings. The summed E-state index contributed by atoms with van der Waals surface area (Å²) in [5.41, 5.74) is 2.16. The lowest BCUT2D eigenvalue weighted by atomic mass is 10.2. The number of esters is 1. The summed E-state index contributed by atoms with van der Waals surface area (Å²) in [6.45, 7) is 4.45. The second kappa shape index (κ2) is 3.90. The van der Waals surface area contributed by atoms with E-state index in [1.54, 1.807) is 0 Å². The van der Waals surface area contributed by atoms with Gasteiger partial charge in [0.1, 0.15) is 6.61 Å². The summed E-state index contributed by atoms with van der Waals surface area (Å²) >= 11 is 0. The summed E-state index contributed by atoms with van der Waals surface area (Å²) < 4.78 is 4.72. The van der Waals surface area contributed by atoms with Gasteiger partial charge in [-0.15, -0.1) is 0 Å². The molecule has 0 radical (unpaired) electrons. The van der Waals surface area contributed by atoms with Gasteiger partial charge in [0, 0.05) is 6.08 Å². The molecule has 0 saturated carbocycles. The number of carbonyl (C=O) groups is 1. The Morgan fingerprint density at radius 2 is 2.33 bits per heavy atom. The quantitative estimate of drug-likeness (QED) is 0.461. The Morgan fingerprint density at radius 3 is 2.83 bits per heavy atom. The summed E-state index contributed by atoms with van der Waals surface area (Å²) in [4.78, 5) is 10.6. The van der Waals surface area contributed by atoms with Crippen LogP contribution in [0.5, 0.6) is 0 Å². The Bertz CT molecular complexity index is 266. The van der Waals surface area contributed by atoms with Crippen molar-refractivity contribution in [1.29, 1.82) is 0 Å². The van der Waals surface area contributed by atoms with Gasteiger partial charge in [0.2, 0.25) is 0 Å². The number of hydrogen-bond acceptors (Lipinski definition) is 2. The lowest BCUT2D eigenvalue weighted by Gasteiger charge is -1.89. The van der Waals surface area contributed by atoms with E-state index < -0.39 is 0 Å². The minimum Gasteiger partial charge on any atom is -0.458 e. The summed E-state index contributed by atoms with van der Waals surface area (Å²) in [6.07, 6.45) is 7.31. The van der Waals surface area contributed by atoms with E-state index >= 15 is 0 Å². The van der Waals surface area contributed by atoms with Crippen LogP contribution in [0.1, 0.15) is 13.8 Å². The third-order valence-corrected chi connectivity index (χ3v) is 1.42. The van der Waals surface area contributed by atoms with Crippen LogP contribution in [0.15, 0.2) is 35.5 Å². The number of rotatable bonds is 2. The normalized spacial score (nSPS) is 16.2. The first kappa shape index (κ1) is 8.78. The molecule has 0 fully saturated rings. The van der Waals surface area contributed by atoms with E-state index in [9.17, 15) is 4.79 Å². The maximum atomic E-state index is 10.6. The molecule has 0 aromatic heterocycles. The van der Waals surface area contributed by atoms with Gasteiger partial charge in [0.05, 0.1) is 0 Å². The van der Waals surface area contributed by atoms with Crippen molar-refractivity contribution in [1.82, 2.24) is 0 Å². The lowest BCUT2D eigenvalue weighted by molar-refractivity contribution is -0.134. The maximum Gasteiger partial charge on any atom is 0.331 e. The topological polar surface area (TPSA) is 26.3 Å². The van der Waals surface area contributed by atoms with E-state index in [1.807, 2.05) is 32.1 Å². The van der Waals surface area contributed by atoms with Gasteiger partial charge >= 0.3 is 5.97 Å². The molecule has 0 saturated heterocycles. The van der Waals surface area contributed by atoms with Crippen molar-refractivity contribution in [3.05, 3.63) is 35.5 Å². The highest BCUT2D eigenvalue weighted by molar-refractivity contribution is 5.85. The van der Waals surface area contributed by atoms with E-state index in [2.05, 4.69) is 0 Å². The van der Waals surface area contributed by atoms with Crippen LogP contribution in [0.25, 0.3) is 0 Å². The first-order valence-corrected chi connectivity index (χ1v) is 3.87. The van der Waals surface area contributed by atoms with Gasteiger partial charge in [-0.1, -0.05) is 23.8 Å². The second-order valence-electron chi connectivity index (χ2n) is 2.93. The van der Waals surface area contributed by atoms with Gasteiger partial charge in [0.15, 0.2) is 0 Å². The van der Waals surface area contributed by atoms with Crippen LogP contribution in [-0.2, 0) is 9.53 Å². The molecule has 0 amide bonds. The molecule has 0 N–H and O–H groups in total. The van der Waals surface area contributed by atoms with Gasteiger partial charge in [-0.3, -0.25) is 0 Å². The monoisotopic (exact) mass is 164 g/mol. The van der Waals surface area contributed by atoms with E-state index in [1.165, 1.54) is 11.6 Å². The molecule has 1 heterocycles. The first-order valence-electron chi connectivity index (χ1n) is 3.87. The first-order chi connectivity index (χ1) is 5.68. The molecule has 0 spiro atoms. The van der Waals surface area contributed by atoms with E-state index in [4.69, 9.17) is 4.74 Å². The molecular formula is C10H12O2. The third kappa shape index (κ3) is 2.74. The lowest BCUT2D eigenvalue weighted by Crippen LogP contribution is -1.90. The third-order valence-electron chi connectivity index (χ3n) is 1.42. The molecule has 2 nitrogen and oxygen atoms in total. The van der Waals surface area contributed by atoms with Crippen LogP contribution in [-0.4, -0.2) is 12.6 Å². The Balaban J connectivity index is 2.52. The van der Waals surface area contributed by atoms with Crippen LogP contribution in [0.4, 0.5) is 0 Å². The molecule has 0 aromatic carbocycles. The predicted octanol–water partition coefficient (Wildman–Crippen LogP) is 1.99. The molecule has 0 bridgehead atoms. The summed E-state index contributed by atoms with van der Waals surface area (Å²) in [5.74, 6) is -0.244. The zero-order chi connectivity index (χ0) is 8.97. The molecule has 0 unspecified atom stereocenters. The SMILES string of the molecule is CC(C)=C/C=C/C1=CC(=O)OC1. The van der Waals surface area contributed by atoms with E-state index in [-0.39, 0.29) is 5.97 Å². The van der Waals surface area contributed by atoms with Crippen LogP contribution in [0.3, 0.4) is 0 Å². The zero-order valence-corrected chi connectivity index (χ0v) is 7.33. The van der Waals surface area contributed by atoms with E-state index in [0.29, 0.717) is 6.61 Å². The highest BCUT2D eigenvalue weighted by Crippen LogP contribution is 2.07. The minimum atomic E-state index is -0.244. The van der Waals surface area contributed by atoms with Crippen molar-refractivity contribution in [3.63, 3.8) is 0 Å². The van der Waals surface area contributed by atoms with Crippen molar-refractivity contribution >= 4 is 5.97 Å². The zero-order valence-electron chi connectivity index (χ0n) is 7.33. The van der Waals surface area contributed by atoms with Crippen LogP contribution >= 0.6 is 0 Å². The van der Waals surface area contributed by atoms with Gasteiger partial charge in [-0.05, 0) is 19.4 Å².